The predicted octanol–water partition coefficient (Wildman–Crippen LogP) is 4.20. The monoisotopic (exact) mass is 317 g/mol. The summed E-state index contributed by atoms with van der Waals surface area (Å²) in [6.07, 6.45) is 0. The Bertz CT molecular complexity index is 791. The fraction of sp³-hybridized carbons (Fsp3) is 0.133. The Morgan fingerprint density at radius 3 is 2.58 bits per heavy atom. The van der Waals surface area contributed by atoms with Crippen molar-refractivity contribution in [2.75, 3.05) is 0 Å². The summed E-state index contributed by atoms with van der Waals surface area (Å²) in [5, 5.41) is 11.4. The smallest absolute Gasteiger partial charge is 0.326 e. The van der Waals surface area contributed by atoms with Gasteiger partial charge in [-0.05, 0) is 31.2 Å². The quantitative estimate of drug-likeness (QED) is 0.769. The second-order valence-electron chi connectivity index (χ2n) is 4.56. The van der Waals surface area contributed by atoms with Crippen LogP contribution in [0.1, 0.15) is 13.0 Å². The van der Waals surface area contributed by atoms with E-state index in [4.69, 9.17) is 0 Å². The summed E-state index contributed by atoms with van der Waals surface area (Å²) in [5.74, 6) is -0.828. The lowest BCUT2D eigenvalue weighted by molar-refractivity contribution is -0.140. The summed E-state index contributed by atoms with van der Waals surface area (Å²) in [4.78, 5) is 11.3. The molecule has 3 rings (SSSR count). The van der Waals surface area contributed by atoms with Gasteiger partial charge in [-0.2, -0.15) is 0 Å². The van der Waals surface area contributed by atoms with Crippen molar-refractivity contribution in [1.29, 1.82) is 0 Å². The van der Waals surface area contributed by atoms with Crippen molar-refractivity contribution in [3.63, 3.8) is 0 Å². The van der Waals surface area contributed by atoms with E-state index in [-0.39, 0.29) is 0 Å². The molecule has 3 aromatic rings. The molecule has 2 aromatic carbocycles. The van der Waals surface area contributed by atoms with Crippen LogP contribution >= 0.6 is 15.9 Å². The zero-order valence-corrected chi connectivity index (χ0v) is 11.9. The highest BCUT2D eigenvalue weighted by Crippen LogP contribution is 2.33. The molecule has 0 bridgehead atoms. The molecule has 0 spiro atoms. The van der Waals surface area contributed by atoms with E-state index in [0.29, 0.717) is 0 Å². The Hall–Kier alpha value is -1.81. The Labute approximate surface area is 118 Å². The molecule has 1 atom stereocenters. The van der Waals surface area contributed by atoms with Crippen LogP contribution in [0.25, 0.3) is 21.8 Å². The molecule has 0 aliphatic rings. The first-order chi connectivity index (χ1) is 9.09. The van der Waals surface area contributed by atoms with Crippen molar-refractivity contribution in [3.8, 4) is 0 Å². The van der Waals surface area contributed by atoms with E-state index >= 15 is 0 Å². The standard InChI is InChI=1S/C15H12BrNO2/c1-9(15(18)19)17-13-5-3-2-4-11(13)12-8-10(16)6-7-14(12)17/h2-9H,1H3,(H,18,19). The van der Waals surface area contributed by atoms with Gasteiger partial charge in [0.05, 0.1) is 0 Å². The van der Waals surface area contributed by atoms with Crippen LogP contribution in [-0.2, 0) is 4.79 Å². The number of nitrogens with zero attached hydrogens (tertiary/aromatic N) is 1. The van der Waals surface area contributed by atoms with Crippen LogP contribution in [0, 0.1) is 0 Å². The number of carboxylic acid groups (broad SMARTS) is 1. The van der Waals surface area contributed by atoms with E-state index < -0.39 is 12.0 Å². The second kappa shape index (κ2) is 4.38. The molecular formula is C15H12BrNO2. The highest BCUT2D eigenvalue weighted by atomic mass is 79.9. The van der Waals surface area contributed by atoms with Gasteiger partial charge in [0.15, 0.2) is 0 Å². The van der Waals surface area contributed by atoms with E-state index in [1.807, 2.05) is 47.0 Å². The average molecular weight is 318 g/mol. The van der Waals surface area contributed by atoms with E-state index in [2.05, 4.69) is 15.9 Å². The first-order valence-corrected chi connectivity index (χ1v) is 6.80. The number of para-hydroxylation sites is 1. The number of aromatic nitrogens is 1. The van der Waals surface area contributed by atoms with Crippen LogP contribution in [-0.4, -0.2) is 15.6 Å². The van der Waals surface area contributed by atoms with Gasteiger partial charge in [-0.3, -0.25) is 0 Å². The van der Waals surface area contributed by atoms with Crippen LogP contribution < -0.4 is 0 Å². The van der Waals surface area contributed by atoms with E-state index in [1.165, 1.54) is 0 Å². The Morgan fingerprint density at radius 2 is 1.84 bits per heavy atom. The van der Waals surface area contributed by atoms with Gasteiger partial charge in [0.2, 0.25) is 0 Å². The number of rotatable bonds is 2. The summed E-state index contributed by atoms with van der Waals surface area (Å²) in [6.45, 7) is 1.70. The maximum atomic E-state index is 11.3. The molecule has 0 amide bonds. The SMILES string of the molecule is CC(C(=O)O)n1c2ccccc2c2cc(Br)ccc21. The summed E-state index contributed by atoms with van der Waals surface area (Å²) in [7, 11) is 0. The van der Waals surface area contributed by atoms with Gasteiger partial charge < -0.3 is 9.67 Å². The molecule has 1 N–H and O–H groups in total. The van der Waals surface area contributed by atoms with Crippen molar-refractivity contribution in [3.05, 3.63) is 46.9 Å². The summed E-state index contributed by atoms with van der Waals surface area (Å²) in [5.41, 5.74) is 1.89. The summed E-state index contributed by atoms with van der Waals surface area (Å²) >= 11 is 3.47. The lowest BCUT2D eigenvalue weighted by atomic mass is 10.2. The number of fused-ring (bicyclic) bond motifs is 3. The fourth-order valence-electron chi connectivity index (χ4n) is 2.50. The number of aliphatic carboxylic acids is 1. The van der Waals surface area contributed by atoms with Gasteiger partial charge >= 0.3 is 5.97 Å². The maximum Gasteiger partial charge on any atom is 0.326 e. The fourth-order valence-corrected chi connectivity index (χ4v) is 2.86. The van der Waals surface area contributed by atoms with Gasteiger partial charge in [-0.25, -0.2) is 4.79 Å². The second-order valence-corrected chi connectivity index (χ2v) is 5.48. The Morgan fingerprint density at radius 1 is 1.16 bits per heavy atom. The molecule has 0 fully saturated rings. The van der Waals surface area contributed by atoms with Gasteiger partial charge in [-0.15, -0.1) is 0 Å². The number of carbonyl (C=O) groups is 1. The molecule has 0 aliphatic carbocycles. The largest absolute Gasteiger partial charge is 0.480 e. The van der Waals surface area contributed by atoms with Crippen LogP contribution in [0.4, 0.5) is 0 Å². The average Bonchev–Trinajstić information content (AvgIpc) is 2.72. The number of benzene rings is 2. The molecule has 1 unspecified atom stereocenters. The first kappa shape index (κ1) is 12.2. The molecule has 1 heterocycles. The van der Waals surface area contributed by atoms with Gasteiger partial charge in [0, 0.05) is 26.3 Å². The summed E-state index contributed by atoms with van der Waals surface area (Å²) in [6, 6.07) is 13.2. The first-order valence-electron chi connectivity index (χ1n) is 6.00. The van der Waals surface area contributed by atoms with Crippen LogP contribution in [0.5, 0.6) is 0 Å². The molecular weight excluding hydrogens is 306 g/mol. The number of hydrogen-bond donors (Lipinski definition) is 1. The van der Waals surface area contributed by atoms with E-state index in [1.54, 1.807) is 6.92 Å². The lowest BCUT2D eigenvalue weighted by Gasteiger charge is -2.12. The van der Waals surface area contributed by atoms with Crippen molar-refractivity contribution >= 4 is 43.7 Å². The third kappa shape index (κ3) is 1.83. The number of halogens is 1. The van der Waals surface area contributed by atoms with Gasteiger partial charge in [0.25, 0.3) is 0 Å². The normalized spacial score (nSPS) is 12.9. The van der Waals surface area contributed by atoms with E-state index in [0.717, 1.165) is 26.3 Å². The topological polar surface area (TPSA) is 42.2 Å². The zero-order valence-electron chi connectivity index (χ0n) is 10.3. The van der Waals surface area contributed by atoms with Crippen molar-refractivity contribution < 1.29 is 9.90 Å². The Kier molecular flexibility index (Phi) is 2.82. The molecule has 4 heteroatoms. The van der Waals surface area contributed by atoms with E-state index in [9.17, 15) is 9.90 Å². The minimum atomic E-state index is -0.828. The third-order valence-electron chi connectivity index (χ3n) is 3.42. The highest BCUT2D eigenvalue weighted by molar-refractivity contribution is 9.10. The minimum absolute atomic E-state index is 0.594. The van der Waals surface area contributed by atoms with Gasteiger partial charge in [0.1, 0.15) is 6.04 Å². The molecule has 1 aromatic heterocycles. The van der Waals surface area contributed by atoms with Crippen molar-refractivity contribution in [2.45, 2.75) is 13.0 Å². The molecule has 96 valence electrons. The van der Waals surface area contributed by atoms with Crippen molar-refractivity contribution in [1.82, 2.24) is 4.57 Å². The Balaban J connectivity index is 2.49. The van der Waals surface area contributed by atoms with Crippen LogP contribution in [0.2, 0.25) is 0 Å². The minimum Gasteiger partial charge on any atom is -0.480 e. The maximum absolute atomic E-state index is 11.3. The van der Waals surface area contributed by atoms with Crippen LogP contribution in [0.3, 0.4) is 0 Å². The molecule has 3 nitrogen and oxygen atoms in total. The lowest BCUT2D eigenvalue weighted by Crippen LogP contribution is -2.15. The molecule has 0 radical (unpaired) electrons. The summed E-state index contributed by atoms with van der Waals surface area (Å²) < 4.78 is 2.87. The molecule has 19 heavy (non-hydrogen) atoms. The predicted molar refractivity (Wildman–Crippen MR) is 79.5 cm³/mol. The van der Waals surface area contributed by atoms with Crippen molar-refractivity contribution in [2.24, 2.45) is 0 Å². The van der Waals surface area contributed by atoms with Gasteiger partial charge in [-0.1, -0.05) is 34.1 Å². The molecule has 0 saturated heterocycles. The number of carboxylic acids is 1. The highest BCUT2D eigenvalue weighted by Gasteiger charge is 2.19. The third-order valence-corrected chi connectivity index (χ3v) is 3.91. The van der Waals surface area contributed by atoms with Crippen LogP contribution in [0.15, 0.2) is 46.9 Å². The zero-order chi connectivity index (χ0) is 13.6. The molecule has 0 saturated carbocycles. The number of hydrogen-bond acceptors (Lipinski definition) is 1. The molecule has 0 aliphatic heterocycles.